The minimum Gasteiger partial charge on any atom is -0.298 e. The number of aryl methyl sites for hydroxylation is 1. The normalized spacial score (nSPS) is 15.5. The number of fused-ring (bicyclic) bond motifs is 1. The van der Waals surface area contributed by atoms with E-state index >= 15 is 0 Å². The molecule has 1 aromatic heterocycles. The highest BCUT2D eigenvalue weighted by atomic mass is 15.2. The molecule has 2 rings (SSSR count). The van der Waals surface area contributed by atoms with Gasteiger partial charge >= 0.3 is 0 Å². The average molecular weight is 193 g/mol. The van der Waals surface area contributed by atoms with Gasteiger partial charge in [0.15, 0.2) is 0 Å². The zero-order valence-electron chi connectivity index (χ0n) is 9.30. The van der Waals surface area contributed by atoms with Crippen molar-refractivity contribution in [1.82, 2.24) is 15.1 Å². The monoisotopic (exact) mass is 193 g/mol. The molecule has 0 amide bonds. The van der Waals surface area contributed by atoms with Crippen molar-refractivity contribution >= 4 is 0 Å². The van der Waals surface area contributed by atoms with E-state index in [1.54, 1.807) is 0 Å². The summed E-state index contributed by atoms with van der Waals surface area (Å²) in [6.45, 7) is 5.41. The van der Waals surface area contributed by atoms with E-state index in [9.17, 15) is 0 Å². The van der Waals surface area contributed by atoms with Crippen molar-refractivity contribution in [3.63, 3.8) is 0 Å². The van der Waals surface area contributed by atoms with Crippen molar-refractivity contribution in [3.8, 4) is 0 Å². The molecule has 1 aromatic rings. The number of H-pyrrole nitrogens is 1. The first-order chi connectivity index (χ1) is 6.68. The summed E-state index contributed by atoms with van der Waals surface area (Å²) < 4.78 is 0. The standard InChI is InChI=1S/C11H19N3/c1-8(2)14(3)7-11-9-5-4-6-10(9)12-13-11/h8H,4-7H2,1-3H3,(H,12,13). The second-order valence-electron chi connectivity index (χ2n) is 4.49. The lowest BCUT2D eigenvalue weighted by Crippen LogP contribution is -2.26. The van der Waals surface area contributed by atoms with Crippen LogP contribution in [0.5, 0.6) is 0 Å². The first kappa shape index (κ1) is 9.71. The molecule has 1 N–H and O–H groups in total. The van der Waals surface area contributed by atoms with Crippen LogP contribution >= 0.6 is 0 Å². The van der Waals surface area contributed by atoms with Gasteiger partial charge in [0.05, 0.1) is 5.69 Å². The molecule has 0 fully saturated rings. The Kier molecular flexibility index (Phi) is 2.59. The minimum absolute atomic E-state index is 0.587. The predicted molar refractivity (Wildman–Crippen MR) is 57.2 cm³/mol. The van der Waals surface area contributed by atoms with Gasteiger partial charge in [0.1, 0.15) is 0 Å². The number of rotatable bonds is 3. The van der Waals surface area contributed by atoms with Crippen LogP contribution in [0.1, 0.15) is 37.2 Å². The summed E-state index contributed by atoms with van der Waals surface area (Å²) in [7, 11) is 2.15. The quantitative estimate of drug-likeness (QED) is 0.793. The summed E-state index contributed by atoms with van der Waals surface area (Å²) in [5, 5.41) is 7.55. The Hall–Kier alpha value is -0.830. The van der Waals surface area contributed by atoms with E-state index in [0.717, 1.165) is 6.54 Å². The van der Waals surface area contributed by atoms with Crippen molar-refractivity contribution in [3.05, 3.63) is 17.0 Å². The lowest BCUT2D eigenvalue weighted by atomic mass is 10.2. The number of hydrogen-bond acceptors (Lipinski definition) is 2. The van der Waals surface area contributed by atoms with Crippen molar-refractivity contribution < 1.29 is 0 Å². The maximum Gasteiger partial charge on any atom is 0.0797 e. The van der Waals surface area contributed by atoms with Gasteiger partial charge in [-0.05, 0) is 45.7 Å². The molecule has 1 aliphatic carbocycles. The van der Waals surface area contributed by atoms with Gasteiger partial charge in [0.2, 0.25) is 0 Å². The van der Waals surface area contributed by atoms with Crippen LogP contribution in [-0.2, 0) is 19.4 Å². The molecule has 78 valence electrons. The fraction of sp³-hybridized carbons (Fsp3) is 0.727. The van der Waals surface area contributed by atoms with Gasteiger partial charge in [-0.1, -0.05) is 0 Å². The van der Waals surface area contributed by atoms with Crippen molar-refractivity contribution in [2.24, 2.45) is 0 Å². The summed E-state index contributed by atoms with van der Waals surface area (Å²) in [5.41, 5.74) is 4.11. The van der Waals surface area contributed by atoms with Gasteiger partial charge in [0, 0.05) is 18.3 Å². The summed E-state index contributed by atoms with van der Waals surface area (Å²) in [6.07, 6.45) is 3.70. The topological polar surface area (TPSA) is 31.9 Å². The molecule has 0 saturated carbocycles. The molecule has 3 nitrogen and oxygen atoms in total. The van der Waals surface area contributed by atoms with Crippen LogP contribution in [0.3, 0.4) is 0 Å². The molecule has 14 heavy (non-hydrogen) atoms. The molecular formula is C11H19N3. The Morgan fingerprint density at radius 2 is 2.21 bits per heavy atom. The number of aromatic nitrogens is 2. The molecule has 1 aliphatic rings. The molecule has 0 unspecified atom stereocenters. The van der Waals surface area contributed by atoms with E-state index in [0.29, 0.717) is 6.04 Å². The maximum atomic E-state index is 4.39. The molecule has 0 spiro atoms. The first-order valence-corrected chi connectivity index (χ1v) is 5.43. The van der Waals surface area contributed by atoms with Gasteiger partial charge in [0.25, 0.3) is 0 Å². The summed E-state index contributed by atoms with van der Waals surface area (Å²) in [4.78, 5) is 2.33. The second-order valence-corrected chi connectivity index (χ2v) is 4.49. The summed E-state index contributed by atoms with van der Waals surface area (Å²) in [5.74, 6) is 0. The molecule has 3 heteroatoms. The SMILES string of the molecule is CC(C)N(C)Cc1n[nH]c2c1CCC2. The van der Waals surface area contributed by atoms with Gasteiger partial charge in [-0.3, -0.25) is 10.00 Å². The molecule has 0 aliphatic heterocycles. The Balaban J connectivity index is 2.10. The number of nitrogens with zero attached hydrogens (tertiary/aromatic N) is 2. The van der Waals surface area contributed by atoms with Crippen LogP contribution in [0.4, 0.5) is 0 Å². The average Bonchev–Trinajstić information content (AvgIpc) is 2.69. The molecule has 0 aromatic carbocycles. The lowest BCUT2D eigenvalue weighted by molar-refractivity contribution is 0.262. The van der Waals surface area contributed by atoms with Crippen LogP contribution in [0.15, 0.2) is 0 Å². The van der Waals surface area contributed by atoms with E-state index in [-0.39, 0.29) is 0 Å². The van der Waals surface area contributed by atoms with Crippen molar-refractivity contribution in [1.29, 1.82) is 0 Å². The number of nitrogens with one attached hydrogen (secondary N) is 1. The lowest BCUT2D eigenvalue weighted by Gasteiger charge is -2.20. The van der Waals surface area contributed by atoms with Crippen LogP contribution < -0.4 is 0 Å². The Morgan fingerprint density at radius 1 is 1.43 bits per heavy atom. The minimum atomic E-state index is 0.587. The molecule has 0 saturated heterocycles. The molecular weight excluding hydrogens is 174 g/mol. The highest BCUT2D eigenvalue weighted by Gasteiger charge is 2.19. The van der Waals surface area contributed by atoms with Gasteiger partial charge in [-0.2, -0.15) is 5.10 Å². The summed E-state index contributed by atoms with van der Waals surface area (Å²) in [6, 6.07) is 0.587. The van der Waals surface area contributed by atoms with E-state index in [1.807, 2.05) is 0 Å². The van der Waals surface area contributed by atoms with Crippen molar-refractivity contribution in [2.45, 2.75) is 45.7 Å². The number of hydrogen-bond donors (Lipinski definition) is 1. The number of aromatic amines is 1. The Morgan fingerprint density at radius 3 is 2.93 bits per heavy atom. The van der Waals surface area contributed by atoms with Gasteiger partial charge in [-0.25, -0.2) is 0 Å². The van der Waals surface area contributed by atoms with E-state index in [4.69, 9.17) is 0 Å². The molecule has 1 heterocycles. The molecule has 0 atom stereocenters. The zero-order valence-corrected chi connectivity index (χ0v) is 9.30. The molecule has 0 radical (unpaired) electrons. The third-order valence-corrected chi connectivity index (χ3v) is 3.17. The predicted octanol–water partition coefficient (Wildman–Crippen LogP) is 1.74. The van der Waals surface area contributed by atoms with Crippen molar-refractivity contribution in [2.75, 3.05) is 7.05 Å². The summed E-state index contributed by atoms with van der Waals surface area (Å²) >= 11 is 0. The van der Waals surface area contributed by atoms with Crippen LogP contribution in [0.2, 0.25) is 0 Å². The largest absolute Gasteiger partial charge is 0.298 e. The maximum absolute atomic E-state index is 4.39. The van der Waals surface area contributed by atoms with E-state index < -0.39 is 0 Å². The highest BCUT2D eigenvalue weighted by molar-refractivity contribution is 5.29. The fourth-order valence-electron chi connectivity index (χ4n) is 1.94. The van der Waals surface area contributed by atoms with Crippen LogP contribution in [0, 0.1) is 0 Å². The smallest absolute Gasteiger partial charge is 0.0797 e. The third-order valence-electron chi connectivity index (χ3n) is 3.17. The van der Waals surface area contributed by atoms with E-state index in [2.05, 4.69) is 36.0 Å². The van der Waals surface area contributed by atoms with Gasteiger partial charge in [-0.15, -0.1) is 0 Å². The second kappa shape index (κ2) is 3.73. The van der Waals surface area contributed by atoms with Crippen LogP contribution in [0.25, 0.3) is 0 Å². The third kappa shape index (κ3) is 1.69. The van der Waals surface area contributed by atoms with E-state index in [1.165, 1.54) is 36.2 Å². The highest BCUT2D eigenvalue weighted by Crippen LogP contribution is 2.23. The Bertz CT molecular complexity index is 314. The first-order valence-electron chi connectivity index (χ1n) is 5.43. The van der Waals surface area contributed by atoms with Gasteiger partial charge < -0.3 is 0 Å². The zero-order chi connectivity index (χ0) is 10.1. The fourth-order valence-corrected chi connectivity index (χ4v) is 1.94. The molecule has 0 bridgehead atoms. The van der Waals surface area contributed by atoms with Crippen LogP contribution in [-0.4, -0.2) is 28.2 Å². The Labute approximate surface area is 85.5 Å².